The van der Waals surface area contributed by atoms with Crippen LogP contribution in [-0.2, 0) is 0 Å². The van der Waals surface area contributed by atoms with E-state index in [0.29, 0.717) is 0 Å². The number of hydrogen-bond donors (Lipinski definition) is 0. The van der Waals surface area contributed by atoms with Gasteiger partial charge in [0.05, 0.1) is 0 Å². The predicted molar refractivity (Wildman–Crippen MR) is 83.9 cm³/mol. The lowest BCUT2D eigenvalue weighted by molar-refractivity contribution is -0.275. The van der Waals surface area contributed by atoms with Crippen molar-refractivity contribution in [2.24, 2.45) is 0 Å². The molecule has 0 bridgehead atoms. The van der Waals surface area contributed by atoms with Crippen LogP contribution < -0.4 is 9.47 Å². The van der Waals surface area contributed by atoms with Crippen molar-refractivity contribution in [3.05, 3.63) is 36.4 Å². The summed E-state index contributed by atoms with van der Waals surface area (Å²) in [7, 11) is 0. The Labute approximate surface area is 135 Å². The van der Waals surface area contributed by atoms with Crippen LogP contribution in [0.1, 0.15) is 57.4 Å². The van der Waals surface area contributed by atoms with Crippen molar-refractivity contribution in [1.29, 1.82) is 0 Å². The fourth-order valence-corrected chi connectivity index (χ4v) is 2.90. The Kier molecular flexibility index (Phi) is 5.27. The second kappa shape index (κ2) is 6.85. The normalized spacial score (nSPS) is 18.5. The molecular formula is C18H23F3O2. The summed E-state index contributed by atoms with van der Waals surface area (Å²) in [6, 6.07) is 4.67. The molecular weight excluding hydrogens is 305 g/mol. The van der Waals surface area contributed by atoms with Crippen LogP contribution in [-0.4, -0.2) is 12.0 Å². The molecule has 0 aliphatic heterocycles. The van der Waals surface area contributed by atoms with E-state index >= 15 is 0 Å². The SMILES string of the molecule is C=CC1(Oc2cc(C(C)CC)ccc2OC(F)(F)F)CCCC1. The van der Waals surface area contributed by atoms with Crippen LogP contribution in [0, 0.1) is 0 Å². The first-order valence-electron chi connectivity index (χ1n) is 8.01. The molecule has 5 heteroatoms. The minimum absolute atomic E-state index is 0.141. The molecule has 1 saturated carbocycles. The fraction of sp³-hybridized carbons (Fsp3) is 0.556. The Bertz CT molecular complexity index is 546. The first-order chi connectivity index (χ1) is 10.8. The Hall–Kier alpha value is -1.65. The molecule has 2 nitrogen and oxygen atoms in total. The molecule has 0 N–H and O–H groups in total. The summed E-state index contributed by atoms with van der Waals surface area (Å²) in [5.41, 5.74) is 0.340. The number of halogens is 3. The van der Waals surface area contributed by atoms with Crippen LogP contribution in [0.15, 0.2) is 30.9 Å². The van der Waals surface area contributed by atoms with Crippen LogP contribution in [0.5, 0.6) is 11.5 Å². The number of benzene rings is 1. The maximum absolute atomic E-state index is 12.6. The largest absolute Gasteiger partial charge is 0.573 e. The average Bonchev–Trinajstić information content (AvgIpc) is 2.96. The van der Waals surface area contributed by atoms with Gasteiger partial charge in [-0.15, -0.1) is 13.2 Å². The first kappa shape index (κ1) is 17.7. The Balaban J connectivity index is 2.37. The number of alkyl halides is 3. The van der Waals surface area contributed by atoms with Gasteiger partial charge in [0.2, 0.25) is 0 Å². The maximum Gasteiger partial charge on any atom is 0.573 e. The predicted octanol–water partition coefficient (Wildman–Crippen LogP) is 5.98. The highest BCUT2D eigenvalue weighted by Crippen LogP contribution is 2.41. The molecule has 1 fully saturated rings. The Morgan fingerprint density at radius 1 is 1.26 bits per heavy atom. The van der Waals surface area contributed by atoms with Gasteiger partial charge in [0.25, 0.3) is 0 Å². The van der Waals surface area contributed by atoms with Gasteiger partial charge in [-0.25, -0.2) is 0 Å². The molecule has 1 aromatic rings. The highest BCUT2D eigenvalue weighted by molar-refractivity contribution is 5.45. The van der Waals surface area contributed by atoms with Crippen molar-refractivity contribution in [3.63, 3.8) is 0 Å². The second-order valence-electron chi connectivity index (χ2n) is 6.14. The van der Waals surface area contributed by atoms with E-state index < -0.39 is 12.0 Å². The molecule has 1 unspecified atom stereocenters. The van der Waals surface area contributed by atoms with Gasteiger partial charge < -0.3 is 9.47 Å². The molecule has 128 valence electrons. The van der Waals surface area contributed by atoms with Crippen molar-refractivity contribution < 1.29 is 22.6 Å². The highest BCUT2D eigenvalue weighted by Gasteiger charge is 2.36. The van der Waals surface area contributed by atoms with Gasteiger partial charge in [0.1, 0.15) is 5.60 Å². The standard InChI is InChI=1S/C18H23F3O2/c1-4-13(3)14-8-9-15(23-18(19,20)21)16(12-14)22-17(5-2)10-6-7-11-17/h5,8-9,12-13H,2,4,6-7,10-11H2,1,3H3. The van der Waals surface area contributed by atoms with E-state index in [4.69, 9.17) is 4.74 Å². The monoisotopic (exact) mass is 328 g/mol. The van der Waals surface area contributed by atoms with Gasteiger partial charge in [0, 0.05) is 0 Å². The molecule has 1 aliphatic rings. The van der Waals surface area contributed by atoms with E-state index in [-0.39, 0.29) is 17.4 Å². The molecule has 0 saturated heterocycles. The Morgan fingerprint density at radius 3 is 2.43 bits per heavy atom. The lowest BCUT2D eigenvalue weighted by atomic mass is 9.97. The number of ether oxygens (including phenoxy) is 2. The van der Waals surface area contributed by atoms with Gasteiger partial charge in [-0.1, -0.05) is 26.5 Å². The van der Waals surface area contributed by atoms with Gasteiger partial charge in [-0.05, 0) is 61.8 Å². The quantitative estimate of drug-likeness (QED) is 0.598. The van der Waals surface area contributed by atoms with Gasteiger partial charge in [-0.2, -0.15) is 0 Å². The zero-order chi connectivity index (χ0) is 17.1. The van der Waals surface area contributed by atoms with E-state index in [1.807, 2.05) is 13.8 Å². The molecule has 1 atom stereocenters. The van der Waals surface area contributed by atoms with Crippen LogP contribution in [0.2, 0.25) is 0 Å². The van der Waals surface area contributed by atoms with Crippen molar-refractivity contribution in [2.75, 3.05) is 0 Å². The van der Waals surface area contributed by atoms with Gasteiger partial charge >= 0.3 is 6.36 Å². The third-order valence-corrected chi connectivity index (χ3v) is 4.51. The van der Waals surface area contributed by atoms with E-state index in [1.165, 1.54) is 6.07 Å². The van der Waals surface area contributed by atoms with E-state index in [1.54, 1.807) is 18.2 Å². The summed E-state index contributed by atoms with van der Waals surface area (Å²) in [5.74, 6) is 0.0835. The zero-order valence-electron chi connectivity index (χ0n) is 13.6. The van der Waals surface area contributed by atoms with Crippen molar-refractivity contribution in [2.45, 2.75) is 63.8 Å². The highest BCUT2D eigenvalue weighted by atomic mass is 19.4. The number of rotatable bonds is 6. The smallest absolute Gasteiger partial charge is 0.479 e. The van der Waals surface area contributed by atoms with Gasteiger partial charge in [0.15, 0.2) is 11.5 Å². The summed E-state index contributed by atoms with van der Waals surface area (Å²) >= 11 is 0. The maximum atomic E-state index is 12.6. The molecule has 1 aliphatic carbocycles. The van der Waals surface area contributed by atoms with Crippen molar-refractivity contribution in [3.8, 4) is 11.5 Å². The number of hydrogen-bond acceptors (Lipinski definition) is 2. The minimum Gasteiger partial charge on any atom is -0.479 e. The molecule has 0 radical (unpaired) electrons. The van der Waals surface area contributed by atoms with Crippen LogP contribution >= 0.6 is 0 Å². The fourth-order valence-electron chi connectivity index (χ4n) is 2.90. The van der Waals surface area contributed by atoms with Crippen molar-refractivity contribution in [1.82, 2.24) is 0 Å². The van der Waals surface area contributed by atoms with Gasteiger partial charge in [-0.3, -0.25) is 0 Å². The second-order valence-corrected chi connectivity index (χ2v) is 6.14. The molecule has 0 aromatic heterocycles. The van der Waals surface area contributed by atoms with Crippen molar-refractivity contribution >= 4 is 0 Å². The lowest BCUT2D eigenvalue weighted by Crippen LogP contribution is -2.30. The van der Waals surface area contributed by atoms with Crippen LogP contribution in [0.3, 0.4) is 0 Å². The molecule has 0 spiro atoms. The molecule has 0 heterocycles. The summed E-state index contributed by atoms with van der Waals surface area (Å²) in [5, 5.41) is 0. The molecule has 23 heavy (non-hydrogen) atoms. The summed E-state index contributed by atoms with van der Waals surface area (Å²) < 4.78 is 48.0. The summed E-state index contributed by atoms with van der Waals surface area (Å²) in [6.45, 7) is 7.87. The zero-order valence-corrected chi connectivity index (χ0v) is 13.6. The molecule has 0 amide bonds. The summed E-state index contributed by atoms with van der Waals surface area (Å²) in [4.78, 5) is 0. The minimum atomic E-state index is -4.74. The topological polar surface area (TPSA) is 18.5 Å². The molecule has 1 aromatic carbocycles. The average molecular weight is 328 g/mol. The first-order valence-corrected chi connectivity index (χ1v) is 8.01. The lowest BCUT2D eigenvalue weighted by Gasteiger charge is -2.28. The van der Waals surface area contributed by atoms with E-state index in [2.05, 4.69) is 11.3 Å². The third-order valence-electron chi connectivity index (χ3n) is 4.51. The summed E-state index contributed by atoms with van der Waals surface area (Å²) in [6.07, 6.45) is 1.33. The molecule has 2 rings (SSSR count). The van der Waals surface area contributed by atoms with E-state index in [9.17, 15) is 13.2 Å². The Morgan fingerprint density at radius 2 is 1.91 bits per heavy atom. The third kappa shape index (κ3) is 4.43. The van der Waals surface area contributed by atoms with Crippen LogP contribution in [0.25, 0.3) is 0 Å². The van der Waals surface area contributed by atoms with E-state index in [0.717, 1.165) is 37.7 Å². The van der Waals surface area contributed by atoms with Crippen LogP contribution in [0.4, 0.5) is 13.2 Å².